The van der Waals surface area contributed by atoms with Crippen molar-refractivity contribution in [2.24, 2.45) is 5.10 Å². The van der Waals surface area contributed by atoms with Crippen LogP contribution in [0.5, 0.6) is 0 Å². The molecule has 1 aromatic heterocycles. The molecule has 0 atom stereocenters. The van der Waals surface area contributed by atoms with Crippen LogP contribution in [0, 0.1) is 0 Å². The van der Waals surface area contributed by atoms with Gasteiger partial charge in [0.05, 0.1) is 27.6 Å². The lowest BCUT2D eigenvalue weighted by Crippen LogP contribution is -1.97. The Balaban J connectivity index is 1.85. The largest absolute Gasteiger partial charge is 0.233 e. The minimum Gasteiger partial charge on any atom is -0.233 e. The van der Waals surface area contributed by atoms with Gasteiger partial charge < -0.3 is 0 Å². The van der Waals surface area contributed by atoms with Crippen LogP contribution in [-0.2, 0) is 0 Å². The maximum atomic E-state index is 6.31. The molecule has 4 aromatic rings. The number of halogens is 2. The Labute approximate surface area is 168 Å². The number of hydrogen-bond donors (Lipinski definition) is 0. The van der Waals surface area contributed by atoms with Gasteiger partial charge in [0, 0.05) is 16.7 Å². The van der Waals surface area contributed by atoms with Crippen molar-refractivity contribution in [2.75, 3.05) is 0 Å². The van der Waals surface area contributed by atoms with Gasteiger partial charge in [-0.05, 0) is 18.2 Å². The average Bonchev–Trinajstić information content (AvgIpc) is 3.14. The highest BCUT2D eigenvalue weighted by Gasteiger charge is 2.11. The van der Waals surface area contributed by atoms with Gasteiger partial charge >= 0.3 is 0 Å². The fraction of sp³-hybridized carbons (Fsp3) is 0. The van der Waals surface area contributed by atoms with E-state index in [-0.39, 0.29) is 0 Å². The van der Waals surface area contributed by atoms with Gasteiger partial charge in [-0.25, -0.2) is 4.68 Å². The maximum absolute atomic E-state index is 6.31. The van der Waals surface area contributed by atoms with Crippen molar-refractivity contribution < 1.29 is 0 Å². The van der Waals surface area contributed by atoms with Gasteiger partial charge in [-0.15, -0.1) is 0 Å². The summed E-state index contributed by atoms with van der Waals surface area (Å²) in [6.07, 6.45) is 1.74. The molecule has 27 heavy (non-hydrogen) atoms. The van der Waals surface area contributed by atoms with E-state index in [1.807, 2.05) is 53.2 Å². The van der Waals surface area contributed by atoms with Gasteiger partial charge in [-0.3, -0.25) is 0 Å². The first kappa shape index (κ1) is 17.6. The summed E-state index contributed by atoms with van der Waals surface area (Å²) < 4.78 is 1.93. The molecule has 0 spiro atoms. The van der Waals surface area contributed by atoms with Gasteiger partial charge in [0.2, 0.25) is 0 Å². The quantitative estimate of drug-likeness (QED) is 0.333. The second-order valence-corrected chi connectivity index (χ2v) is 6.82. The fourth-order valence-electron chi connectivity index (χ4n) is 2.95. The van der Waals surface area contributed by atoms with Gasteiger partial charge in [0.15, 0.2) is 0 Å². The van der Waals surface area contributed by atoms with Gasteiger partial charge in [-0.2, -0.15) is 5.10 Å². The van der Waals surface area contributed by atoms with E-state index in [4.69, 9.17) is 28.3 Å². The van der Waals surface area contributed by atoms with E-state index in [9.17, 15) is 0 Å². The van der Waals surface area contributed by atoms with Crippen molar-refractivity contribution in [1.29, 1.82) is 0 Å². The second kappa shape index (κ2) is 7.83. The van der Waals surface area contributed by atoms with E-state index in [1.54, 1.807) is 12.3 Å². The highest BCUT2D eigenvalue weighted by molar-refractivity contribution is 6.43. The lowest BCUT2D eigenvalue weighted by atomic mass is 10.2. The molecule has 0 radical (unpaired) electrons. The van der Waals surface area contributed by atoms with Crippen LogP contribution in [-0.4, -0.2) is 10.9 Å². The van der Waals surface area contributed by atoms with E-state index in [1.165, 1.54) is 0 Å². The molecule has 0 aliphatic carbocycles. The summed E-state index contributed by atoms with van der Waals surface area (Å²) in [6, 6.07) is 30.1. The van der Waals surface area contributed by atoms with E-state index < -0.39 is 0 Å². The Bertz CT molecular complexity index is 1030. The SMILES string of the molecule is Clc1cccc(/C=N/n2c(-c3ccccc3)ccc2-c2ccccc2)c1Cl. The predicted molar refractivity (Wildman–Crippen MR) is 115 cm³/mol. The minimum atomic E-state index is 0.498. The molecule has 0 N–H and O–H groups in total. The zero-order chi connectivity index (χ0) is 18.6. The van der Waals surface area contributed by atoms with Crippen LogP contribution in [0.15, 0.2) is 96.1 Å². The summed E-state index contributed by atoms with van der Waals surface area (Å²) in [5.74, 6) is 0. The lowest BCUT2D eigenvalue weighted by molar-refractivity contribution is 0.912. The molecule has 4 rings (SSSR count). The maximum Gasteiger partial charge on any atom is 0.0725 e. The Morgan fingerprint density at radius 2 is 1.19 bits per heavy atom. The number of nitrogens with zero attached hydrogens (tertiary/aromatic N) is 2. The van der Waals surface area contributed by atoms with Crippen molar-refractivity contribution in [3.05, 3.63) is 107 Å². The first-order valence-electron chi connectivity index (χ1n) is 8.55. The first-order valence-corrected chi connectivity index (χ1v) is 9.30. The Morgan fingerprint density at radius 1 is 0.630 bits per heavy atom. The van der Waals surface area contributed by atoms with Gasteiger partial charge in [0.25, 0.3) is 0 Å². The third kappa shape index (κ3) is 3.68. The molecule has 2 nitrogen and oxygen atoms in total. The van der Waals surface area contributed by atoms with Crippen molar-refractivity contribution in [2.45, 2.75) is 0 Å². The van der Waals surface area contributed by atoms with Gasteiger partial charge in [-0.1, -0.05) is 96.0 Å². The highest BCUT2D eigenvalue weighted by Crippen LogP contribution is 2.29. The molecular weight excluding hydrogens is 375 g/mol. The summed E-state index contributed by atoms with van der Waals surface area (Å²) >= 11 is 12.4. The molecule has 0 fully saturated rings. The fourth-order valence-corrected chi connectivity index (χ4v) is 3.30. The Hall–Kier alpha value is -2.81. The van der Waals surface area contributed by atoms with E-state index in [0.29, 0.717) is 10.0 Å². The number of aromatic nitrogens is 1. The first-order chi connectivity index (χ1) is 13.2. The van der Waals surface area contributed by atoms with Crippen LogP contribution < -0.4 is 0 Å². The molecule has 0 saturated heterocycles. The smallest absolute Gasteiger partial charge is 0.0725 e. The molecule has 0 saturated carbocycles. The standard InChI is InChI=1S/C23H16Cl2N2/c24-20-13-7-12-19(23(20)25)16-26-27-21(17-8-3-1-4-9-17)14-15-22(27)18-10-5-2-6-11-18/h1-16H/b26-16+. The number of benzene rings is 3. The average molecular weight is 391 g/mol. The molecule has 1 heterocycles. The van der Waals surface area contributed by atoms with E-state index in [0.717, 1.165) is 28.1 Å². The highest BCUT2D eigenvalue weighted by atomic mass is 35.5. The summed E-state index contributed by atoms with van der Waals surface area (Å²) in [5.41, 5.74) is 4.96. The lowest BCUT2D eigenvalue weighted by Gasteiger charge is -2.09. The minimum absolute atomic E-state index is 0.498. The van der Waals surface area contributed by atoms with Gasteiger partial charge in [0.1, 0.15) is 0 Å². The molecule has 0 amide bonds. The molecule has 0 aliphatic rings. The van der Waals surface area contributed by atoms with Crippen LogP contribution >= 0.6 is 23.2 Å². The van der Waals surface area contributed by atoms with E-state index in [2.05, 4.69) is 36.4 Å². The van der Waals surface area contributed by atoms with Crippen LogP contribution in [0.2, 0.25) is 10.0 Å². The Morgan fingerprint density at radius 3 is 1.74 bits per heavy atom. The molecule has 132 valence electrons. The van der Waals surface area contributed by atoms with Crippen LogP contribution in [0.1, 0.15) is 5.56 Å². The van der Waals surface area contributed by atoms with Crippen LogP contribution in [0.4, 0.5) is 0 Å². The summed E-state index contributed by atoms with van der Waals surface area (Å²) in [4.78, 5) is 0. The zero-order valence-electron chi connectivity index (χ0n) is 14.4. The molecule has 0 bridgehead atoms. The summed E-state index contributed by atoms with van der Waals surface area (Å²) in [5, 5.41) is 5.75. The van der Waals surface area contributed by atoms with Crippen molar-refractivity contribution in [3.63, 3.8) is 0 Å². The second-order valence-electron chi connectivity index (χ2n) is 6.04. The van der Waals surface area contributed by atoms with Crippen LogP contribution in [0.25, 0.3) is 22.5 Å². The van der Waals surface area contributed by atoms with Crippen LogP contribution in [0.3, 0.4) is 0 Å². The Kier molecular flexibility index (Phi) is 5.10. The zero-order valence-corrected chi connectivity index (χ0v) is 15.9. The predicted octanol–water partition coefficient (Wildman–Crippen LogP) is 7.01. The van der Waals surface area contributed by atoms with Crippen molar-refractivity contribution in [1.82, 2.24) is 4.68 Å². The topological polar surface area (TPSA) is 17.3 Å². The normalized spacial score (nSPS) is 11.2. The summed E-state index contributed by atoms with van der Waals surface area (Å²) in [6.45, 7) is 0. The van der Waals surface area contributed by atoms with Crippen molar-refractivity contribution in [3.8, 4) is 22.5 Å². The third-order valence-corrected chi connectivity index (χ3v) is 5.12. The molecule has 0 aliphatic heterocycles. The number of hydrogen-bond acceptors (Lipinski definition) is 1. The molecule has 4 heteroatoms. The third-order valence-electron chi connectivity index (χ3n) is 4.29. The number of rotatable bonds is 4. The monoisotopic (exact) mass is 390 g/mol. The van der Waals surface area contributed by atoms with E-state index >= 15 is 0 Å². The molecule has 0 unspecified atom stereocenters. The summed E-state index contributed by atoms with van der Waals surface area (Å²) in [7, 11) is 0. The van der Waals surface area contributed by atoms with Crippen molar-refractivity contribution >= 4 is 29.4 Å². The molecule has 3 aromatic carbocycles. The molecular formula is C23H16Cl2N2.